The molecule has 0 saturated heterocycles. The molecule has 298 valence electrons. The first-order valence-electron chi connectivity index (χ1n) is 20.9. The van der Waals surface area contributed by atoms with Crippen molar-refractivity contribution in [2.75, 3.05) is 0 Å². The van der Waals surface area contributed by atoms with Crippen molar-refractivity contribution in [1.29, 1.82) is 5.26 Å². The number of nitrogens with zero attached hydrogens (tertiary/aromatic N) is 2. The molecule has 59 heavy (non-hydrogen) atoms. The summed E-state index contributed by atoms with van der Waals surface area (Å²) in [5, 5.41) is 21.7. The zero-order chi connectivity index (χ0) is 40.5. The van der Waals surface area contributed by atoms with Crippen LogP contribution < -0.4 is 0 Å². The van der Waals surface area contributed by atoms with Crippen LogP contribution in [0.15, 0.2) is 102 Å². The molecule has 0 fully saturated rings. The molecule has 1 aliphatic rings. The quantitative estimate of drug-likeness (QED) is 0.0597. The maximum absolute atomic E-state index is 11.5. The first kappa shape index (κ1) is 40.0. The number of fused-ring (bicyclic) bond motifs is 6. The normalized spacial score (nSPS) is 14.8. The van der Waals surface area contributed by atoms with Crippen molar-refractivity contribution in [3.05, 3.63) is 123 Å². The van der Waals surface area contributed by atoms with E-state index in [0.29, 0.717) is 5.25 Å². The Kier molecular flexibility index (Phi) is 12.0. The lowest BCUT2D eigenvalue weighted by Gasteiger charge is -2.12. The number of aliphatic carboxylic acids is 1. The van der Waals surface area contributed by atoms with E-state index in [9.17, 15) is 15.2 Å². The van der Waals surface area contributed by atoms with Crippen molar-refractivity contribution in [3.63, 3.8) is 0 Å². The predicted octanol–water partition coefficient (Wildman–Crippen LogP) is 16.7. The largest absolute Gasteiger partial charge is 0.477 e. The average Bonchev–Trinajstić information content (AvgIpc) is 4.11. The summed E-state index contributed by atoms with van der Waals surface area (Å²) in [6, 6.07) is 35.6. The van der Waals surface area contributed by atoms with Crippen molar-refractivity contribution < 1.29 is 9.90 Å². The third-order valence-corrected chi connectivity index (χ3v) is 18.3. The molecule has 0 aliphatic carbocycles. The van der Waals surface area contributed by atoms with E-state index in [1.807, 2.05) is 34.8 Å². The minimum absolute atomic E-state index is 0.234. The Hall–Kier alpha value is -4.43. The average molecular weight is 867 g/mol. The number of hydrogen-bond acceptors (Lipinski definition) is 7. The van der Waals surface area contributed by atoms with Crippen LogP contribution in [0.25, 0.3) is 67.0 Å². The topological polar surface area (TPSA) is 66.0 Å². The molecule has 1 unspecified atom stereocenters. The number of rotatable bonds is 16. The van der Waals surface area contributed by atoms with Crippen LogP contribution in [0.1, 0.15) is 104 Å². The van der Waals surface area contributed by atoms with Gasteiger partial charge >= 0.3 is 5.97 Å². The summed E-state index contributed by atoms with van der Waals surface area (Å²) in [7, 11) is 0. The smallest absolute Gasteiger partial charge is 0.346 e. The number of para-hydroxylation sites is 2. The molecule has 4 nitrogen and oxygen atoms in total. The summed E-state index contributed by atoms with van der Waals surface area (Å²) < 4.78 is 7.28. The number of allylic oxidation sites excluding steroid dienone is 1. The third-order valence-electron chi connectivity index (χ3n) is 11.5. The van der Waals surface area contributed by atoms with Crippen molar-refractivity contribution in [3.8, 4) is 21.5 Å². The molecule has 1 N–H and O–H groups in total. The summed E-state index contributed by atoms with van der Waals surface area (Å²) in [5.74, 6) is -1.19. The van der Waals surface area contributed by atoms with Gasteiger partial charge in [0.25, 0.3) is 0 Å². The van der Waals surface area contributed by atoms with Crippen LogP contribution in [-0.4, -0.2) is 15.6 Å². The highest BCUT2D eigenvalue weighted by molar-refractivity contribution is 8.09. The zero-order valence-electron chi connectivity index (χ0n) is 33.4. The van der Waals surface area contributed by atoms with Crippen LogP contribution >= 0.6 is 57.1 Å². The Labute approximate surface area is 366 Å². The molecular weight excluding hydrogens is 821 g/mol. The molecule has 5 aromatic heterocycles. The monoisotopic (exact) mass is 866 g/mol. The summed E-state index contributed by atoms with van der Waals surface area (Å²) >= 11 is 9.30. The van der Waals surface area contributed by atoms with Gasteiger partial charge in [0.05, 0.1) is 20.4 Å². The van der Waals surface area contributed by atoms with Crippen molar-refractivity contribution in [1.82, 2.24) is 4.57 Å². The van der Waals surface area contributed by atoms with Crippen LogP contribution in [0, 0.1) is 11.3 Å². The summed E-state index contributed by atoms with van der Waals surface area (Å²) in [5.41, 5.74) is 7.93. The van der Waals surface area contributed by atoms with Crippen LogP contribution in [0.5, 0.6) is 0 Å². The number of nitriles is 1. The first-order valence-corrected chi connectivity index (χ1v) is 25.0. The summed E-state index contributed by atoms with van der Waals surface area (Å²) in [4.78, 5) is 18.0. The predicted molar refractivity (Wildman–Crippen MR) is 259 cm³/mol. The Bertz CT molecular complexity index is 2870. The number of carboxylic acids is 1. The van der Waals surface area contributed by atoms with Gasteiger partial charge in [-0.1, -0.05) is 106 Å². The van der Waals surface area contributed by atoms with Gasteiger partial charge in [-0.2, -0.15) is 5.26 Å². The van der Waals surface area contributed by atoms with E-state index >= 15 is 0 Å². The second-order valence-corrected chi connectivity index (χ2v) is 21.0. The Morgan fingerprint density at radius 2 is 1.41 bits per heavy atom. The first-order chi connectivity index (χ1) is 28.9. The van der Waals surface area contributed by atoms with Crippen LogP contribution in [-0.2, 0) is 11.2 Å². The molecule has 0 saturated carbocycles. The molecule has 0 bridgehead atoms. The molecule has 0 radical (unpaired) electrons. The van der Waals surface area contributed by atoms with Crippen molar-refractivity contribution in [2.45, 2.75) is 89.7 Å². The Morgan fingerprint density at radius 3 is 2.08 bits per heavy atom. The molecule has 3 aromatic carbocycles. The van der Waals surface area contributed by atoms with Crippen LogP contribution in [0.2, 0.25) is 0 Å². The van der Waals surface area contributed by atoms with Crippen molar-refractivity contribution >= 4 is 115 Å². The molecule has 9 rings (SSSR count). The molecule has 1 atom stereocenters. The summed E-state index contributed by atoms with van der Waals surface area (Å²) in [6.45, 7) is 4.58. The molecule has 8 aromatic rings. The molecule has 1 aliphatic heterocycles. The second-order valence-electron chi connectivity index (χ2n) is 15.5. The van der Waals surface area contributed by atoms with Gasteiger partial charge in [-0.25, -0.2) is 4.79 Å². The number of benzene rings is 3. The van der Waals surface area contributed by atoms with E-state index in [0.717, 1.165) is 28.8 Å². The van der Waals surface area contributed by atoms with Gasteiger partial charge in [0.1, 0.15) is 11.6 Å². The SMILES string of the molecule is CCCCCCC1=C(c2ccc(-n3c4ccccc4c4ccccc43)cc2)SC(c2sc(-c3cc4sc5cc(/C=C(/C#N)C(=O)O)sc5c4s3)cc2CCCCCC)C1. The minimum atomic E-state index is -1.19. The Morgan fingerprint density at radius 1 is 0.763 bits per heavy atom. The number of carbonyl (C=O) groups is 1. The zero-order valence-corrected chi connectivity index (χ0v) is 37.5. The van der Waals surface area contributed by atoms with E-state index < -0.39 is 5.97 Å². The third kappa shape index (κ3) is 7.99. The molecule has 0 spiro atoms. The van der Waals surface area contributed by atoms with E-state index in [2.05, 4.69) is 115 Å². The number of aryl methyl sites for hydroxylation is 1. The standard InChI is InChI=1S/C50H46N2O2S5/c1-3-5-7-9-15-32-27-43(59-46(32)31-21-23-35(24-22-31)52-39-19-13-11-17-37(39)38-18-12-14-20-40(38)52)47-33(16-10-8-6-4-2)26-41(57-47)42-29-45-49(58-42)48-44(56-45)28-36(55-48)25-34(30-51)50(53)54/h11-14,17-26,28-29,43H,3-10,15-16,27H2,1-2H3,(H,53,54)/b34-25-. The lowest BCUT2D eigenvalue weighted by molar-refractivity contribution is -0.132. The van der Waals surface area contributed by atoms with Gasteiger partial charge < -0.3 is 9.67 Å². The lowest BCUT2D eigenvalue weighted by atomic mass is 9.97. The molecule has 0 amide bonds. The summed E-state index contributed by atoms with van der Waals surface area (Å²) in [6.07, 6.45) is 14.9. The highest BCUT2D eigenvalue weighted by Gasteiger charge is 2.31. The number of thioether (sulfide) groups is 1. The minimum Gasteiger partial charge on any atom is -0.477 e. The van der Waals surface area contributed by atoms with Gasteiger partial charge in [-0.05, 0) is 91.8 Å². The fourth-order valence-electron chi connectivity index (χ4n) is 8.55. The van der Waals surface area contributed by atoms with Gasteiger partial charge in [0.15, 0.2) is 0 Å². The van der Waals surface area contributed by atoms with E-state index in [-0.39, 0.29) is 5.57 Å². The second kappa shape index (κ2) is 17.7. The van der Waals surface area contributed by atoms with Gasteiger partial charge in [-0.3, -0.25) is 0 Å². The van der Waals surface area contributed by atoms with Crippen LogP contribution in [0.4, 0.5) is 0 Å². The highest BCUT2D eigenvalue weighted by atomic mass is 32.2. The lowest BCUT2D eigenvalue weighted by Crippen LogP contribution is -1.96. The number of aromatic nitrogens is 1. The van der Waals surface area contributed by atoms with E-state index in [4.69, 9.17) is 0 Å². The number of unbranched alkanes of at least 4 members (excludes halogenated alkanes) is 6. The molecule has 6 heterocycles. The molecule has 9 heteroatoms. The van der Waals surface area contributed by atoms with Crippen LogP contribution in [0.3, 0.4) is 0 Å². The fourth-order valence-corrected chi connectivity index (χ4v) is 15.5. The number of carboxylic acid groups (broad SMARTS) is 1. The molecular formula is C50H46N2O2S5. The van der Waals surface area contributed by atoms with Gasteiger partial charge in [0.2, 0.25) is 0 Å². The van der Waals surface area contributed by atoms with E-state index in [1.54, 1.807) is 33.1 Å². The number of thiophene rings is 4. The highest BCUT2D eigenvalue weighted by Crippen LogP contribution is 2.57. The van der Waals surface area contributed by atoms with E-state index in [1.165, 1.54) is 125 Å². The Balaban J connectivity index is 1.04. The van der Waals surface area contributed by atoms with Gasteiger partial charge in [0, 0.05) is 55.5 Å². The fraction of sp³-hybridized carbons (Fsp3) is 0.280. The van der Waals surface area contributed by atoms with Crippen molar-refractivity contribution in [2.24, 2.45) is 0 Å². The maximum Gasteiger partial charge on any atom is 0.346 e. The van der Waals surface area contributed by atoms with Gasteiger partial charge in [-0.15, -0.1) is 57.1 Å². The maximum atomic E-state index is 11.5. The number of hydrogen-bond donors (Lipinski definition) is 1.